The van der Waals surface area contributed by atoms with Crippen LogP contribution in [0, 0.1) is 0 Å². The molecule has 1 aliphatic rings. The molecule has 29 heavy (non-hydrogen) atoms. The summed E-state index contributed by atoms with van der Waals surface area (Å²) in [5.74, 6) is 0.741. The number of hydrogen-bond acceptors (Lipinski definition) is 6. The molecule has 0 aliphatic carbocycles. The molecule has 1 unspecified atom stereocenters. The number of fused-ring (bicyclic) bond motifs is 1. The van der Waals surface area contributed by atoms with Gasteiger partial charge in [-0.25, -0.2) is 18.4 Å². The van der Waals surface area contributed by atoms with Crippen LogP contribution < -0.4 is 10.2 Å². The number of amides is 1. The fourth-order valence-electron chi connectivity index (χ4n) is 3.53. The predicted molar refractivity (Wildman–Crippen MR) is 113 cm³/mol. The van der Waals surface area contributed by atoms with Gasteiger partial charge in [0.05, 0.1) is 10.4 Å². The Labute approximate surface area is 169 Å². The van der Waals surface area contributed by atoms with Crippen molar-refractivity contribution in [3.05, 3.63) is 54.4 Å². The van der Waals surface area contributed by atoms with Crippen LogP contribution in [0.1, 0.15) is 31.4 Å². The Bertz CT molecular complexity index is 1180. The Morgan fingerprint density at radius 1 is 1.10 bits per heavy atom. The molecule has 1 N–H and O–H groups in total. The lowest BCUT2D eigenvalue weighted by atomic mass is 10.1. The number of hydrogen-bond donors (Lipinski definition) is 1. The van der Waals surface area contributed by atoms with Crippen LogP contribution in [0.5, 0.6) is 0 Å². The van der Waals surface area contributed by atoms with Gasteiger partial charge in [0.1, 0.15) is 12.1 Å². The summed E-state index contributed by atoms with van der Waals surface area (Å²) in [5.41, 5.74) is 2.62. The average molecular weight is 410 g/mol. The lowest BCUT2D eigenvalue weighted by Gasteiger charge is -2.19. The van der Waals surface area contributed by atoms with E-state index < -0.39 is 9.84 Å². The van der Waals surface area contributed by atoms with Crippen LogP contribution in [-0.4, -0.2) is 37.1 Å². The van der Waals surface area contributed by atoms with Gasteiger partial charge in [-0.2, -0.15) is 0 Å². The van der Waals surface area contributed by atoms with Gasteiger partial charge < -0.3 is 10.2 Å². The molecule has 2 aromatic carbocycles. The summed E-state index contributed by atoms with van der Waals surface area (Å²) in [5, 5.41) is 4.01. The molecular weight excluding hydrogens is 388 g/mol. The largest absolute Gasteiger partial charge is 0.363 e. The number of sulfone groups is 1. The molecule has 1 atom stereocenters. The lowest BCUT2D eigenvalue weighted by molar-refractivity contribution is -0.117. The number of nitrogens with one attached hydrogen (secondary N) is 1. The van der Waals surface area contributed by atoms with Crippen LogP contribution in [-0.2, 0) is 14.6 Å². The number of benzene rings is 2. The van der Waals surface area contributed by atoms with E-state index in [9.17, 15) is 13.2 Å². The second-order valence-corrected chi connectivity index (χ2v) is 9.30. The maximum absolute atomic E-state index is 11.9. The minimum Gasteiger partial charge on any atom is -0.363 e. The second kappa shape index (κ2) is 7.44. The summed E-state index contributed by atoms with van der Waals surface area (Å²) < 4.78 is 23.8. The monoisotopic (exact) mass is 410 g/mol. The van der Waals surface area contributed by atoms with Gasteiger partial charge in [0.2, 0.25) is 5.91 Å². The Morgan fingerprint density at radius 2 is 1.86 bits per heavy atom. The van der Waals surface area contributed by atoms with Crippen LogP contribution in [0.25, 0.3) is 10.9 Å². The molecule has 3 aromatic rings. The van der Waals surface area contributed by atoms with Gasteiger partial charge in [-0.1, -0.05) is 12.1 Å². The van der Waals surface area contributed by atoms with Gasteiger partial charge in [0.15, 0.2) is 9.84 Å². The minimum absolute atomic E-state index is 0.0710. The van der Waals surface area contributed by atoms with E-state index in [2.05, 4.69) is 15.3 Å². The molecule has 0 radical (unpaired) electrons. The normalized spacial score (nSPS) is 15.7. The molecule has 8 heteroatoms. The van der Waals surface area contributed by atoms with Gasteiger partial charge in [-0.3, -0.25) is 4.79 Å². The molecule has 1 aliphatic heterocycles. The van der Waals surface area contributed by atoms with Crippen molar-refractivity contribution in [3.63, 3.8) is 0 Å². The first-order valence-electron chi connectivity index (χ1n) is 9.44. The zero-order valence-corrected chi connectivity index (χ0v) is 17.1. The summed E-state index contributed by atoms with van der Waals surface area (Å²) in [4.78, 5) is 22.5. The maximum atomic E-state index is 11.9. The quantitative estimate of drug-likeness (QED) is 0.694. The van der Waals surface area contributed by atoms with E-state index in [0.717, 1.165) is 24.2 Å². The molecule has 0 spiro atoms. The van der Waals surface area contributed by atoms with Crippen molar-refractivity contribution in [3.8, 4) is 0 Å². The predicted octanol–water partition coefficient (Wildman–Crippen LogP) is 3.33. The first-order chi connectivity index (χ1) is 13.8. The minimum atomic E-state index is -3.32. The van der Waals surface area contributed by atoms with Gasteiger partial charge in [-0.15, -0.1) is 0 Å². The highest BCUT2D eigenvalue weighted by Crippen LogP contribution is 2.28. The molecule has 4 rings (SSSR count). The smallest absolute Gasteiger partial charge is 0.227 e. The zero-order chi connectivity index (χ0) is 20.6. The zero-order valence-electron chi connectivity index (χ0n) is 16.3. The van der Waals surface area contributed by atoms with E-state index in [-0.39, 0.29) is 16.8 Å². The van der Waals surface area contributed by atoms with Gasteiger partial charge in [0.25, 0.3) is 0 Å². The van der Waals surface area contributed by atoms with Crippen molar-refractivity contribution >= 4 is 38.2 Å². The molecule has 1 aromatic heterocycles. The van der Waals surface area contributed by atoms with Crippen LogP contribution in [0.2, 0.25) is 0 Å². The highest BCUT2D eigenvalue weighted by Gasteiger charge is 2.21. The fourth-order valence-corrected chi connectivity index (χ4v) is 4.18. The summed E-state index contributed by atoms with van der Waals surface area (Å²) in [6, 6.07) is 12.7. The average Bonchev–Trinajstić information content (AvgIpc) is 3.13. The van der Waals surface area contributed by atoms with Crippen molar-refractivity contribution in [2.45, 2.75) is 30.7 Å². The summed E-state index contributed by atoms with van der Waals surface area (Å²) >= 11 is 0. The Balaban J connectivity index is 1.60. The summed E-state index contributed by atoms with van der Waals surface area (Å²) in [6.45, 7) is 2.77. The van der Waals surface area contributed by atoms with E-state index in [4.69, 9.17) is 0 Å². The molecule has 2 heterocycles. The third-order valence-corrected chi connectivity index (χ3v) is 6.28. The molecule has 150 valence electrons. The third kappa shape index (κ3) is 3.93. The van der Waals surface area contributed by atoms with E-state index >= 15 is 0 Å². The van der Waals surface area contributed by atoms with Crippen molar-refractivity contribution in [1.82, 2.24) is 9.97 Å². The molecule has 0 saturated carbocycles. The molecule has 1 saturated heterocycles. The first-order valence-corrected chi connectivity index (χ1v) is 11.3. The van der Waals surface area contributed by atoms with Crippen molar-refractivity contribution in [1.29, 1.82) is 0 Å². The highest BCUT2D eigenvalue weighted by molar-refractivity contribution is 7.90. The van der Waals surface area contributed by atoms with Gasteiger partial charge in [-0.05, 0) is 49.2 Å². The standard InChI is InChI=1S/C21H22N4O3S/c1-14(15-5-7-16(8-6-15)25-11-3-4-20(25)26)24-21-18-12-17(29(2,27)28)9-10-19(18)22-13-23-21/h5-10,12-14H,3-4,11H2,1-2H3,(H,22,23,24). The Hall–Kier alpha value is -3.00. The molecule has 0 bridgehead atoms. The van der Waals surface area contributed by atoms with E-state index in [1.165, 1.54) is 12.6 Å². The van der Waals surface area contributed by atoms with Crippen molar-refractivity contribution in [2.24, 2.45) is 0 Å². The van der Waals surface area contributed by atoms with E-state index in [1.54, 1.807) is 18.2 Å². The number of rotatable bonds is 5. The van der Waals surface area contributed by atoms with Crippen LogP contribution in [0.3, 0.4) is 0 Å². The second-order valence-electron chi connectivity index (χ2n) is 7.28. The topological polar surface area (TPSA) is 92.3 Å². The molecule has 1 fully saturated rings. The number of aromatic nitrogens is 2. The van der Waals surface area contributed by atoms with E-state index in [0.29, 0.717) is 23.1 Å². The maximum Gasteiger partial charge on any atom is 0.227 e. The number of nitrogens with zero attached hydrogens (tertiary/aromatic N) is 3. The molecule has 1 amide bonds. The van der Waals surface area contributed by atoms with Crippen molar-refractivity contribution in [2.75, 3.05) is 23.0 Å². The summed E-state index contributed by atoms with van der Waals surface area (Å²) in [6.07, 6.45) is 4.14. The highest BCUT2D eigenvalue weighted by atomic mass is 32.2. The van der Waals surface area contributed by atoms with Crippen LogP contribution in [0.4, 0.5) is 11.5 Å². The first kappa shape index (κ1) is 19.3. The number of carbonyl (C=O) groups is 1. The van der Waals surface area contributed by atoms with Crippen LogP contribution in [0.15, 0.2) is 53.7 Å². The van der Waals surface area contributed by atoms with Gasteiger partial charge >= 0.3 is 0 Å². The summed E-state index contributed by atoms with van der Waals surface area (Å²) in [7, 11) is -3.32. The van der Waals surface area contributed by atoms with Gasteiger partial charge in [0, 0.05) is 36.3 Å². The number of anilines is 2. The van der Waals surface area contributed by atoms with E-state index in [1.807, 2.05) is 36.1 Å². The fraction of sp³-hybridized carbons (Fsp3) is 0.286. The SMILES string of the molecule is CC(Nc1ncnc2ccc(S(C)(=O)=O)cc12)c1ccc(N2CCCC2=O)cc1. The number of carbonyl (C=O) groups excluding carboxylic acids is 1. The lowest BCUT2D eigenvalue weighted by Crippen LogP contribution is -2.23. The Morgan fingerprint density at radius 3 is 2.52 bits per heavy atom. The third-order valence-electron chi connectivity index (χ3n) is 5.17. The molecule has 7 nitrogen and oxygen atoms in total. The Kier molecular flexibility index (Phi) is 4.96. The van der Waals surface area contributed by atoms with Crippen molar-refractivity contribution < 1.29 is 13.2 Å². The molecular formula is C21H22N4O3S. The van der Waals surface area contributed by atoms with Crippen LogP contribution >= 0.6 is 0 Å².